The van der Waals surface area contributed by atoms with E-state index in [0.717, 1.165) is 25.0 Å². The number of carboxylic acids is 1. The second-order valence-electron chi connectivity index (χ2n) is 3.67. The summed E-state index contributed by atoms with van der Waals surface area (Å²) in [6.45, 7) is 4.31. The highest BCUT2D eigenvalue weighted by atomic mass is 16.6. The fourth-order valence-corrected chi connectivity index (χ4v) is 1.01. The average molecular weight is 216 g/mol. The van der Waals surface area contributed by atoms with E-state index in [9.17, 15) is 4.79 Å². The highest BCUT2D eigenvalue weighted by Gasteiger charge is 2.09. The van der Waals surface area contributed by atoms with Crippen LogP contribution in [0.15, 0.2) is 5.16 Å². The van der Waals surface area contributed by atoms with Gasteiger partial charge in [-0.15, -0.1) is 0 Å². The number of nitrogens with two attached hydrogens (primary N) is 1. The first-order valence-corrected chi connectivity index (χ1v) is 5.15. The highest BCUT2D eigenvalue weighted by molar-refractivity contribution is 5.78. The zero-order chi connectivity index (χ0) is 11.7. The Labute approximate surface area is 90.3 Å². The molecular weight excluding hydrogens is 196 g/mol. The van der Waals surface area contributed by atoms with Crippen LogP contribution in [0, 0.1) is 0 Å². The molecule has 0 amide bonds. The summed E-state index contributed by atoms with van der Waals surface area (Å²) in [6, 6.07) is -0.734. The summed E-state index contributed by atoms with van der Waals surface area (Å²) in [7, 11) is 0. The van der Waals surface area contributed by atoms with Crippen LogP contribution in [0.1, 0.15) is 39.5 Å². The van der Waals surface area contributed by atoms with Crippen LogP contribution in [0.4, 0.5) is 0 Å². The maximum Gasteiger partial charge on any atom is 0.320 e. The van der Waals surface area contributed by atoms with Crippen LogP contribution in [0.25, 0.3) is 0 Å². The van der Waals surface area contributed by atoms with Crippen LogP contribution in [0.3, 0.4) is 0 Å². The third kappa shape index (κ3) is 9.21. The summed E-state index contributed by atoms with van der Waals surface area (Å²) in [5.74, 6) is -0.933. The van der Waals surface area contributed by atoms with Crippen LogP contribution in [0.5, 0.6) is 0 Å². The van der Waals surface area contributed by atoms with Crippen molar-refractivity contribution in [3.05, 3.63) is 0 Å². The maximum atomic E-state index is 10.4. The molecule has 1 atom stereocenters. The zero-order valence-corrected chi connectivity index (χ0v) is 9.40. The summed E-state index contributed by atoms with van der Waals surface area (Å²) < 4.78 is 0. The molecule has 0 bridgehead atoms. The van der Waals surface area contributed by atoms with Crippen LogP contribution in [0.2, 0.25) is 0 Å². The normalized spacial score (nSPS) is 11.9. The van der Waals surface area contributed by atoms with E-state index < -0.39 is 12.0 Å². The lowest BCUT2D eigenvalue weighted by Crippen LogP contribution is -2.29. The molecule has 5 nitrogen and oxygen atoms in total. The molecule has 15 heavy (non-hydrogen) atoms. The van der Waals surface area contributed by atoms with Crippen LogP contribution in [-0.4, -0.2) is 29.4 Å². The molecule has 88 valence electrons. The smallest absolute Gasteiger partial charge is 0.320 e. The van der Waals surface area contributed by atoms with Gasteiger partial charge in [0.25, 0.3) is 0 Å². The number of unbranched alkanes of at least 4 members (excludes halogenated alkanes) is 2. The predicted octanol–water partition coefficient (Wildman–Crippen LogP) is 1.37. The first-order chi connectivity index (χ1) is 7.04. The molecule has 0 spiro atoms. The van der Waals surface area contributed by atoms with E-state index in [4.69, 9.17) is 15.7 Å². The Morgan fingerprint density at radius 3 is 2.60 bits per heavy atom. The van der Waals surface area contributed by atoms with Crippen molar-refractivity contribution >= 4 is 11.7 Å². The van der Waals surface area contributed by atoms with E-state index in [1.165, 1.54) is 0 Å². The number of nitrogens with zero attached hydrogens (tertiary/aromatic N) is 1. The SMILES string of the molecule is CC(C)=NOCCCCCC(N)C(=O)O. The third-order valence-corrected chi connectivity index (χ3v) is 1.82. The molecular formula is C10H20N2O3. The molecule has 0 aromatic heterocycles. The first kappa shape index (κ1) is 13.9. The van der Waals surface area contributed by atoms with Crippen LogP contribution >= 0.6 is 0 Å². The molecule has 1 unspecified atom stereocenters. The minimum absolute atomic E-state index is 0.519. The molecule has 5 heteroatoms. The fraction of sp³-hybridized carbons (Fsp3) is 0.800. The Morgan fingerprint density at radius 1 is 1.40 bits per heavy atom. The lowest BCUT2D eigenvalue weighted by molar-refractivity contribution is -0.138. The van der Waals surface area contributed by atoms with Gasteiger partial charge in [-0.05, 0) is 33.1 Å². The Kier molecular flexibility index (Phi) is 7.62. The van der Waals surface area contributed by atoms with Gasteiger partial charge in [0.2, 0.25) is 0 Å². The van der Waals surface area contributed by atoms with E-state index >= 15 is 0 Å². The molecule has 0 heterocycles. The van der Waals surface area contributed by atoms with E-state index in [-0.39, 0.29) is 0 Å². The summed E-state index contributed by atoms with van der Waals surface area (Å²) in [5, 5.41) is 12.3. The van der Waals surface area contributed by atoms with Crippen molar-refractivity contribution < 1.29 is 14.7 Å². The minimum Gasteiger partial charge on any atom is -0.480 e. The van der Waals surface area contributed by atoms with Crippen molar-refractivity contribution in [2.45, 2.75) is 45.6 Å². The first-order valence-electron chi connectivity index (χ1n) is 5.15. The lowest BCUT2D eigenvalue weighted by Gasteiger charge is -2.05. The van der Waals surface area contributed by atoms with Gasteiger partial charge < -0.3 is 15.7 Å². The third-order valence-electron chi connectivity index (χ3n) is 1.82. The Morgan fingerprint density at radius 2 is 2.07 bits per heavy atom. The fourth-order valence-electron chi connectivity index (χ4n) is 1.01. The quantitative estimate of drug-likeness (QED) is 0.364. The second kappa shape index (κ2) is 8.23. The minimum atomic E-state index is -0.933. The highest BCUT2D eigenvalue weighted by Crippen LogP contribution is 2.02. The number of oxime groups is 1. The number of carbonyl (C=O) groups is 1. The number of aliphatic carboxylic acids is 1. The molecule has 0 aromatic rings. The molecule has 3 N–H and O–H groups in total. The van der Waals surface area contributed by atoms with Crippen LogP contribution in [-0.2, 0) is 9.63 Å². The van der Waals surface area contributed by atoms with Crippen molar-refractivity contribution in [1.29, 1.82) is 0 Å². The van der Waals surface area contributed by atoms with Gasteiger partial charge in [-0.3, -0.25) is 4.79 Å². The average Bonchev–Trinajstić information content (AvgIpc) is 2.15. The van der Waals surface area contributed by atoms with Gasteiger partial charge in [-0.25, -0.2) is 0 Å². The van der Waals surface area contributed by atoms with Gasteiger partial charge in [-0.1, -0.05) is 11.6 Å². The summed E-state index contributed by atoms with van der Waals surface area (Å²) in [5.41, 5.74) is 6.24. The predicted molar refractivity (Wildman–Crippen MR) is 58.8 cm³/mol. The van der Waals surface area contributed by atoms with E-state index in [1.807, 2.05) is 13.8 Å². The summed E-state index contributed by atoms with van der Waals surface area (Å²) in [4.78, 5) is 15.4. The van der Waals surface area contributed by atoms with Crippen molar-refractivity contribution in [3.63, 3.8) is 0 Å². The van der Waals surface area contributed by atoms with Gasteiger partial charge in [0.15, 0.2) is 0 Å². The molecule has 0 saturated heterocycles. The van der Waals surface area contributed by atoms with Gasteiger partial charge in [-0.2, -0.15) is 0 Å². The number of hydrogen-bond acceptors (Lipinski definition) is 4. The summed E-state index contributed by atoms with van der Waals surface area (Å²) >= 11 is 0. The Hall–Kier alpha value is -1.10. The maximum absolute atomic E-state index is 10.4. The van der Waals surface area contributed by atoms with Crippen molar-refractivity contribution in [2.24, 2.45) is 10.9 Å². The largest absolute Gasteiger partial charge is 0.480 e. The standard InChI is InChI=1S/C10H20N2O3/c1-8(2)12-15-7-5-3-4-6-9(11)10(13)14/h9H,3-7,11H2,1-2H3,(H,13,14). The van der Waals surface area contributed by atoms with Crippen molar-refractivity contribution in [2.75, 3.05) is 6.61 Å². The second-order valence-corrected chi connectivity index (χ2v) is 3.67. The zero-order valence-electron chi connectivity index (χ0n) is 9.40. The van der Waals surface area contributed by atoms with Crippen molar-refractivity contribution in [1.82, 2.24) is 0 Å². The van der Waals surface area contributed by atoms with Crippen LogP contribution < -0.4 is 5.73 Å². The Bertz CT molecular complexity index is 213. The monoisotopic (exact) mass is 216 g/mol. The van der Waals surface area contributed by atoms with Crippen molar-refractivity contribution in [3.8, 4) is 0 Å². The lowest BCUT2D eigenvalue weighted by atomic mass is 10.1. The molecule has 0 fully saturated rings. The van der Waals surface area contributed by atoms with Gasteiger partial charge >= 0.3 is 5.97 Å². The molecule has 0 rings (SSSR count). The van der Waals surface area contributed by atoms with Gasteiger partial charge in [0.1, 0.15) is 12.6 Å². The number of carboxylic acid groups (broad SMARTS) is 1. The molecule has 0 aromatic carbocycles. The topological polar surface area (TPSA) is 84.9 Å². The number of hydrogen-bond donors (Lipinski definition) is 2. The Balaban J connectivity index is 3.25. The molecule has 0 saturated carbocycles. The summed E-state index contributed by atoms with van der Waals surface area (Å²) in [6.07, 6.45) is 3.12. The van der Waals surface area contributed by atoms with Gasteiger partial charge in [0.05, 0.1) is 5.71 Å². The molecule has 0 radical (unpaired) electrons. The van der Waals surface area contributed by atoms with E-state index in [2.05, 4.69) is 5.16 Å². The van der Waals surface area contributed by atoms with E-state index in [1.54, 1.807) is 0 Å². The molecule has 0 aliphatic carbocycles. The molecule has 0 aliphatic heterocycles. The van der Waals surface area contributed by atoms with E-state index in [0.29, 0.717) is 13.0 Å². The molecule has 0 aliphatic rings. The van der Waals surface area contributed by atoms with Gasteiger partial charge in [0, 0.05) is 0 Å². The number of rotatable bonds is 8.